The number of fused-ring (bicyclic) bond motifs is 1. The van der Waals surface area contributed by atoms with Gasteiger partial charge in [-0.3, -0.25) is 10.1 Å². The Bertz CT molecular complexity index is 1180. The first-order valence-corrected chi connectivity index (χ1v) is 11.1. The van der Waals surface area contributed by atoms with Crippen LogP contribution in [0, 0.1) is 0 Å². The second kappa shape index (κ2) is 8.24. The summed E-state index contributed by atoms with van der Waals surface area (Å²) in [5, 5.41) is 6.23. The van der Waals surface area contributed by atoms with Crippen molar-refractivity contribution >= 4 is 39.0 Å². The second-order valence-corrected chi connectivity index (χ2v) is 8.36. The van der Waals surface area contributed by atoms with E-state index in [0.717, 1.165) is 29.7 Å². The molecule has 2 aromatic heterocycles. The predicted molar refractivity (Wildman–Crippen MR) is 123 cm³/mol. The number of rotatable bonds is 4. The third-order valence-electron chi connectivity index (χ3n) is 5.48. The quantitative estimate of drug-likeness (QED) is 0.472. The number of carbonyl (C=O) groups excluding carboxylic acids is 1. The summed E-state index contributed by atoms with van der Waals surface area (Å²) in [7, 11) is 0. The van der Waals surface area contributed by atoms with E-state index in [9.17, 15) is 4.79 Å². The number of pyridine rings is 1. The lowest BCUT2D eigenvalue weighted by molar-refractivity contribution is 0.102. The molecule has 0 bridgehead atoms. The molecule has 3 heterocycles. The van der Waals surface area contributed by atoms with E-state index in [-0.39, 0.29) is 5.91 Å². The Hall–Kier alpha value is -3.25. The standard InChI is InChI=1S/C24H22N4OS/c29-23(27-24-25-12-15-30-24)20-9-5-6-17-10-11-21(26-22(17)20)18-7-4-8-19(16-18)28-13-2-1-3-14-28/h4-12,15-16H,1-3,13-14H2,(H,25,27,29). The largest absolute Gasteiger partial charge is 0.372 e. The zero-order valence-corrected chi connectivity index (χ0v) is 17.4. The van der Waals surface area contributed by atoms with Crippen molar-refractivity contribution < 1.29 is 4.79 Å². The molecule has 1 amide bonds. The molecule has 0 spiro atoms. The van der Waals surface area contributed by atoms with E-state index in [1.807, 2.05) is 35.7 Å². The van der Waals surface area contributed by atoms with E-state index in [2.05, 4.69) is 39.5 Å². The maximum absolute atomic E-state index is 12.8. The van der Waals surface area contributed by atoms with Gasteiger partial charge in [0.05, 0.1) is 16.8 Å². The highest BCUT2D eigenvalue weighted by Gasteiger charge is 2.15. The van der Waals surface area contributed by atoms with Gasteiger partial charge in [0.25, 0.3) is 5.91 Å². The van der Waals surface area contributed by atoms with Crippen LogP contribution in [0.3, 0.4) is 0 Å². The Morgan fingerprint density at radius 1 is 1.00 bits per heavy atom. The molecule has 1 aliphatic rings. The third-order valence-corrected chi connectivity index (χ3v) is 6.17. The summed E-state index contributed by atoms with van der Waals surface area (Å²) in [6.45, 7) is 2.21. The number of amides is 1. The molecular weight excluding hydrogens is 392 g/mol. The van der Waals surface area contributed by atoms with Crippen LogP contribution in [0.1, 0.15) is 29.6 Å². The van der Waals surface area contributed by atoms with E-state index >= 15 is 0 Å². The molecule has 0 radical (unpaired) electrons. The Morgan fingerprint density at radius 2 is 1.87 bits per heavy atom. The molecule has 2 aromatic carbocycles. The first-order valence-electron chi connectivity index (χ1n) is 10.2. The summed E-state index contributed by atoms with van der Waals surface area (Å²) >= 11 is 1.40. The van der Waals surface area contributed by atoms with Crippen molar-refractivity contribution in [3.05, 3.63) is 71.7 Å². The molecule has 6 heteroatoms. The summed E-state index contributed by atoms with van der Waals surface area (Å²) < 4.78 is 0. The van der Waals surface area contributed by atoms with Crippen LogP contribution in [-0.2, 0) is 0 Å². The molecule has 1 saturated heterocycles. The van der Waals surface area contributed by atoms with Gasteiger partial charge in [-0.1, -0.05) is 30.3 Å². The normalized spacial score (nSPS) is 14.1. The van der Waals surface area contributed by atoms with Gasteiger partial charge in [0, 0.05) is 41.3 Å². The monoisotopic (exact) mass is 414 g/mol. The third kappa shape index (κ3) is 3.78. The summed E-state index contributed by atoms with van der Waals surface area (Å²) in [5.41, 5.74) is 4.43. The molecule has 5 rings (SSSR count). The number of carbonyl (C=O) groups is 1. The average molecular weight is 415 g/mol. The Labute approximate surface area is 179 Å². The van der Waals surface area contributed by atoms with Crippen LogP contribution in [-0.4, -0.2) is 29.0 Å². The van der Waals surface area contributed by atoms with Crippen molar-refractivity contribution in [2.24, 2.45) is 0 Å². The number of thiazole rings is 1. The molecule has 150 valence electrons. The lowest BCUT2D eigenvalue weighted by Crippen LogP contribution is -2.29. The minimum absolute atomic E-state index is 0.192. The van der Waals surface area contributed by atoms with Gasteiger partial charge in [0.2, 0.25) is 0 Å². The van der Waals surface area contributed by atoms with E-state index in [4.69, 9.17) is 4.98 Å². The zero-order valence-electron chi connectivity index (χ0n) is 16.5. The molecule has 0 saturated carbocycles. The second-order valence-electron chi connectivity index (χ2n) is 7.46. The molecule has 1 N–H and O–H groups in total. The first-order chi connectivity index (χ1) is 14.8. The number of hydrogen-bond donors (Lipinski definition) is 1. The van der Waals surface area contributed by atoms with Crippen LogP contribution in [0.15, 0.2) is 66.2 Å². The van der Waals surface area contributed by atoms with Crippen molar-refractivity contribution in [2.45, 2.75) is 19.3 Å². The van der Waals surface area contributed by atoms with Crippen molar-refractivity contribution in [3.63, 3.8) is 0 Å². The number of anilines is 2. The molecule has 0 atom stereocenters. The van der Waals surface area contributed by atoms with E-state index in [1.54, 1.807) is 6.20 Å². The molecule has 4 aromatic rings. The Kier molecular flexibility index (Phi) is 5.15. The fourth-order valence-corrected chi connectivity index (χ4v) is 4.48. The zero-order chi connectivity index (χ0) is 20.3. The van der Waals surface area contributed by atoms with Crippen molar-refractivity contribution in [3.8, 4) is 11.3 Å². The van der Waals surface area contributed by atoms with Gasteiger partial charge in [-0.15, -0.1) is 11.3 Å². The number of nitrogens with one attached hydrogen (secondary N) is 1. The van der Waals surface area contributed by atoms with Crippen LogP contribution < -0.4 is 10.2 Å². The van der Waals surface area contributed by atoms with Gasteiger partial charge in [-0.25, -0.2) is 9.97 Å². The average Bonchev–Trinajstić information content (AvgIpc) is 3.32. The van der Waals surface area contributed by atoms with Crippen molar-refractivity contribution in [1.29, 1.82) is 0 Å². The van der Waals surface area contributed by atoms with E-state index in [1.165, 1.54) is 36.3 Å². The van der Waals surface area contributed by atoms with Crippen LogP contribution >= 0.6 is 11.3 Å². The predicted octanol–water partition coefficient (Wildman–Crippen LogP) is 5.60. The lowest BCUT2D eigenvalue weighted by Gasteiger charge is -2.29. The van der Waals surface area contributed by atoms with Crippen molar-refractivity contribution in [2.75, 3.05) is 23.3 Å². The number of para-hydroxylation sites is 1. The first kappa shape index (κ1) is 18.8. The molecule has 0 unspecified atom stereocenters. The van der Waals surface area contributed by atoms with Crippen LogP contribution in [0.5, 0.6) is 0 Å². The summed E-state index contributed by atoms with van der Waals surface area (Å²) in [6.07, 6.45) is 5.48. The highest BCUT2D eigenvalue weighted by molar-refractivity contribution is 7.13. The van der Waals surface area contributed by atoms with Crippen LogP contribution in [0.25, 0.3) is 22.2 Å². The Balaban J connectivity index is 1.51. The molecule has 0 aliphatic carbocycles. The van der Waals surface area contributed by atoms with Crippen molar-refractivity contribution in [1.82, 2.24) is 9.97 Å². The highest BCUT2D eigenvalue weighted by atomic mass is 32.1. The van der Waals surface area contributed by atoms with E-state index in [0.29, 0.717) is 16.2 Å². The topological polar surface area (TPSA) is 58.1 Å². The fraction of sp³-hybridized carbons (Fsp3) is 0.208. The Morgan fingerprint density at radius 3 is 2.70 bits per heavy atom. The van der Waals surface area contributed by atoms with E-state index < -0.39 is 0 Å². The molecular formula is C24H22N4OS. The number of aromatic nitrogens is 2. The number of hydrogen-bond acceptors (Lipinski definition) is 5. The smallest absolute Gasteiger partial charge is 0.259 e. The number of piperidine rings is 1. The van der Waals surface area contributed by atoms with Gasteiger partial charge >= 0.3 is 0 Å². The number of nitrogens with zero attached hydrogens (tertiary/aromatic N) is 3. The van der Waals surface area contributed by atoms with Gasteiger partial charge < -0.3 is 4.90 Å². The maximum atomic E-state index is 12.8. The molecule has 30 heavy (non-hydrogen) atoms. The minimum Gasteiger partial charge on any atom is -0.372 e. The molecule has 5 nitrogen and oxygen atoms in total. The van der Waals surface area contributed by atoms with Gasteiger partial charge in [0.15, 0.2) is 5.13 Å². The highest BCUT2D eigenvalue weighted by Crippen LogP contribution is 2.28. The molecule has 1 fully saturated rings. The minimum atomic E-state index is -0.192. The number of benzene rings is 2. The van der Waals surface area contributed by atoms with Gasteiger partial charge in [0.1, 0.15) is 0 Å². The summed E-state index contributed by atoms with van der Waals surface area (Å²) in [5.74, 6) is -0.192. The molecule has 1 aliphatic heterocycles. The maximum Gasteiger partial charge on any atom is 0.259 e. The summed E-state index contributed by atoms with van der Waals surface area (Å²) in [4.78, 5) is 24.3. The van der Waals surface area contributed by atoms with Crippen LogP contribution in [0.4, 0.5) is 10.8 Å². The summed E-state index contributed by atoms with van der Waals surface area (Å²) in [6, 6.07) is 18.3. The SMILES string of the molecule is O=C(Nc1nccs1)c1cccc2ccc(-c3cccc(N4CCCCC4)c3)nc12. The van der Waals surface area contributed by atoms with Gasteiger partial charge in [-0.05, 0) is 43.5 Å². The van der Waals surface area contributed by atoms with Crippen LogP contribution in [0.2, 0.25) is 0 Å². The van der Waals surface area contributed by atoms with Gasteiger partial charge in [-0.2, -0.15) is 0 Å². The fourth-order valence-electron chi connectivity index (χ4n) is 3.95. The lowest BCUT2D eigenvalue weighted by atomic mass is 10.0.